The molecule has 0 spiro atoms. The van der Waals surface area contributed by atoms with Gasteiger partial charge in [-0.05, 0) is 32.3 Å². The summed E-state index contributed by atoms with van der Waals surface area (Å²) in [4.78, 5) is 0. The smallest absolute Gasteiger partial charge is 0.0727 e. The molecule has 0 fully saturated rings. The monoisotopic (exact) mass is 302 g/mol. The van der Waals surface area contributed by atoms with E-state index >= 15 is 0 Å². The summed E-state index contributed by atoms with van der Waals surface area (Å²) in [6, 6.07) is 19.2. The van der Waals surface area contributed by atoms with Crippen molar-refractivity contribution in [1.82, 2.24) is 0 Å². The quantitative estimate of drug-likeness (QED) is 0.299. The average Bonchev–Trinajstić information content (AvgIpc) is 2.44. The maximum atomic E-state index is 6.16. The van der Waals surface area contributed by atoms with E-state index in [4.69, 9.17) is 22.5 Å². The summed E-state index contributed by atoms with van der Waals surface area (Å²) in [5, 5.41) is 8.59. The molecule has 0 aliphatic heterocycles. The van der Waals surface area contributed by atoms with Crippen LogP contribution < -0.4 is 5.30 Å². The van der Waals surface area contributed by atoms with Gasteiger partial charge in [0.1, 0.15) is 6.63 Å². The number of hydrogen-bond donors (Lipinski definition) is 0. The van der Waals surface area contributed by atoms with Crippen LogP contribution in [0.5, 0.6) is 0 Å². The molecule has 3 heteroatoms. The maximum Gasteiger partial charge on any atom is 0.117 e. The van der Waals surface area contributed by atoms with Crippen molar-refractivity contribution < 1.29 is 0 Å². The summed E-state index contributed by atoms with van der Waals surface area (Å²) in [6.45, 7) is -1.13. The van der Waals surface area contributed by atoms with E-state index < -0.39 is 6.63 Å². The molecule has 0 saturated carbocycles. The molecule has 0 nitrogen and oxygen atoms in total. The molecule has 0 saturated heterocycles. The Morgan fingerprint density at radius 2 is 1.21 bits per heavy atom. The van der Waals surface area contributed by atoms with Gasteiger partial charge in [-0.15, -0.1) is 0 Å². The zero-order valence-electron chi connectivity index (χ0n) is 9.90. The van der Waals surface area contributed by atoms with E-state index in [9.17, 15) is 0 Å². The molecule has 0 radical (unpaired) electrons. The Hall–Kier alpha value is -1.07. The van der Waals surface area contributed by atoms with Crippen LogP contribution in [-0.2, 0) is 0 Å². The molecule has 0 unspecified atom stereocenters. The van der Waals surface area contributed by atoms with Gasteiger partial charge in [-0.25, -0.2) is 0 Å². The molecule has 0 aromatic heterocycles. The highest BCUT2D eigenvalue weighted by molar-refractivity contribution is 8.09. The normalized spacial score (nSPS) is 12.2. The predicted octanol–water partition coefficient (Wildman–Crippen LogP) is 6.00. The van der Waals surface area contributed by atoms with E-state index in [1.54, 1.807) is 0 Å². The molecule has 0 aliphatic rings. The van der Waals surface area contributed by atoms with Crippen molar-refractivity contribution in [2.75, 3.05) is 0 Å². The third kappa shape index (κ3) is 1.64. The highest BCUT2D eigenvalue weighted by atomic mass is 35.9. The Morgan fingerprint density at radius 3 is 1.89 bits per heavy atom. The standard InChI is InChI=1S/C16H9Cl2P/c17-19(18)14-9-7-12-5-4-10-2-1-3-11-6-8-13(14)16(12)15(10)11/h1-9H. The van der Waals surface area contributed by atoms with Crippen LogP contribution >= 0.6 is 29.1 Å². The second-order valence-corrected chi connectivity index (χ2v) is 8.17. The Labute approximate surface area is 121 Å². The third-order valence-corrected chi connectivity index (χ3v) is 5.53. The van der Waals surface area contributed by atoms with Crippen LogP contribution in [0.25, 0.3) is 32.3 Å². The Morgan fingerprint density at radius 1 is 0.632 bits per heavy atom. The van der Waals surface area contributed by atoms with Gasteiger partial charge >= 0.3 is 0 Å². The summed E-state index contributed by atoms with van der Waals surface area (Å²) < 4.78 is 0. The van der Waals surface area contributed by atoms with Crippen LogP contribution in [0, 0.1) is 0 Å². The number of benzene rings is 4. The minimum absolute atomic E-state index is 1.05. The summed E-state index contributed by atoms with van der Waals surface area (Å²) in [7, 11) is 0. The lowest BCUT2D eigenvalue weighted by Crippen LogP contribution is -1.98. The molecule has 0 atom stereocenters. The highest BCUT2D eigenvalue weighted by Crippen LogP contribution is 2.48. The largest absolute Gasteiger partial charge is 0.117 e. The van der Waals surface area contributed by atoms with Crippen molar-refractivity contribution in [3.63, 3.8) is 0 Å². The van der Waals surface area contributed by atoms with Gasteiger partial charge in [0.15, 0.2) is 0 Å². The number of hydrogen-bond acceptors (Lipinski definition) is 0. The van der Waals surface area contributed by atoms with E-state index in [1.807, 2.05) is 6.07 Å². The first-order valence-corrected chi connectivity index (χ1v) is 9.19. The van der Waals surface area contributed by atoms with Gasteiger partial charge < -0.3 is 0 Å². The molecule has 4 aromatic carbocycles. The molecule has 0 heterocycles. The zero-order chi connectivity index (χ0) is 13.0. The van der Waals surface area contributed by atoms with Crippen molar-refractivity contribution in [3.8, 4) is 0 Å². The van der Waals surface area contributed by atoms with Crippen LogP contribution in [0.4, 0.5) is 0 Å². The number of rotatable bonds is 1. The van der Waals surface area contributed by atoms with Crippen molar-refractivity contribution in [1.29, 1.82) is 0 Å². The topological polar surface area (TPSA) is 0 Å². The molecule has 92 valence electrons. The zero-order valence-corrected chi connectivity index (χ0v) is 12.3. The van der Waals surface area contributed by atoms with E-state index in [-0.39, 0.29) is 0 Å². The predicted molar refractivity (Wildman–Crippen MR) is 88.4 cm³/mol. The lowest BCUT2D eigenvalue weighted by molar-refractivity contribution is 1.80. The van der Waals surface area contributed by atoms with Gasteiger partial charge in [0.05, 0.1) is 0 Å². The molecule has 0 amide bonds. The second kappa shape index (κ2) is 4.21. The van der Waals surface area contributed by atoms with E-state index in [1.165, 1.54) is 32.3 Å². The third-order valence-electron chi connectivity index (χ3n) is 3.69. The fourth-order valence-corrected chi connectivity index (χ4v) is 4.31. The van der Waals surface area contributed by atoms with Crippen LogP contribution in [0.3, 0.4) is 0 Å². The van der Waals surface area contributed by atoms with Crippen molar-refractivity contribution in [3.05, 3.63) is 54.6 Å². The summed E-state index contributed by atoms with van der Waals surface area (Å²) in [6.07, 6.45) is 0. The first kappa shape index (κ1) is 11.7. The minimum Gasteiger partial charge on any atom is -0.0727 e. The second-order valence-electron chi connectivity index (χ2n) is 4.67. The molecule has 4 aromatic rings. The molecule has 0 N–H and O–H groups in total. The maximum absolute atomic E-state index is 6.16. The number of halogens is 2. The van der Waals surface area contributed by atoms with Gasteiger partial charge in [0.2, 0.25) is 0 Å². The van der Waals surface area contributed by atoms with Gasteiger partial charge in [-0.3, -0.25) is 0 Å². The van der Waals surface area contributed by atoms with Gasteiger partial charge in [-0.1, -0.05) is 77.1 Å². The first-order chi connectivity index (χ1) is 9.25. The van der Waals surface area contributed by atoms with Gasteiger partial charge in [0.25, 0.3) is 0 Å². The van der Waals surface area contributed by atoms with E-state index in [2.05, 4.69) is 48.5 Å². The fraction of sp³-hybridized carbons (Fsp3) is 0. The Balaban J connectivity index is 2.35. The highest BCUT2D eigenvalue weighted by Gasteiger charge is 2.13. The molecule has 19 heavy (non-hydrogen) atoms. The van der Waals surface area contributed by atoms with E-state index in [0.29, 0.717) is 0 Å². The van der Waals surface area contributed by atoms with Crippen molar-refractivity contribution in [2.24, 2.45) is 0 Å². The Bertz CT molecular complexity index is 883. The summed E-state index contributed by atoms with van der Waals surface area (Å²) >= 11 is 12.3. The molecule has 0 aliphatic carbocycles. The van der Waals surface area contributed by atoms with Crippen LogP contribution in [0.15, 0.2) is 54.6 Å². The fourth-order valence-electron chi connectivity index (χ4n) is 2.87. The van der Waals surface area contributed by atoms with Crippen molar-refractivity contribution >= 4 is 66.7 Å². The lowest BCUT2D eigenvalue weighted by Gasteiger charge is -2.13. The van der Waals surface area contributed by atoms with Crippen molar-refractivity contribution in [2.45, 2.75) is 0 Å². The molecule has 0 bridgehead atoms. The summed E-state index contributed by atoms with van der Waals surface area (Å²) in [5.41, 5.74) is 0. The van der Waals surface area contributed by atoms with Gasteiger partial charge in [0, 0.05) is 5.30 Å². The van der Waals surface area contributed by atoms with E-state index in [0.717, 1.165) is 5.30 Å². The van der Waals surface area contributed by atoms with Gasteiger partial charge in [-0.2, -0.15) is 0 Å². The van der Waals surface area contributed by atoms with Crippen LogP contribution in [0.1, 0.15) is 0 Å². The molecule has 4 rings (SSSR count). The summed E-state index contributed by atoms with van der Waals surface area (Å²) in [5.74, 6) is 0. The van der Waals surface area contributed by atoms with Crippen LogP contribution in [-0.4, -0.2) is 0 Å². The average molecular weight is 303 g/mol. The molecular formula is C16H9Cl2P. The SMILES string of the molecule is ClP(Cl)c1ccc2ccc3cccc4ccc1c2c34. The Kier molecular flexibility index (Phi) is 2.60. The van der Waals surface area contributed by atoms with Crippen LogP contribution in [0.2, 0.25) is 0 Å². The minimum atomic E-state index is -1.13. The first-order valence-electron chi connectivity index (χ1n) is 6.04. The lowest BCUT2D eigenvalue weighted by atomic mass is 9.94. The molecular weight excluding hydrogens is 294 g/mol.